The summed E-state index contributed by atoms with van der Waals surface area (Å²) in [7, 11) is 0. The van der Waals surface area contributed by atoms with Crippen LogP contribution in [0.2, 0.25) is 0 Å². The number of nitrogens with two attached hydrogens (primary N) is 1. The predicted molar refractivity (Wildman–Crippen MR) is 127 cm³/mol. The summed E-state index contributed by atoms with van der Waals surface area (Å²) >= 11 is 0. The standard InChI is InChI=1S/C25H37NO9/c1-6-9-20(27)34-18-12-11-17(14-19(18)35-21(28)10-7-2)22(23(26)24(29)30)15(4)16(5)33-25(31)32-13-8-3/h11-12,14-16,22-23H,6-10,13,26H2,1-5H3,(H,29,30)/t15?,16?,22?,23-/m0/s1. The molecule has 1 rings (SSSR count). The minimum absolute atomic E-state index is 0.0175. The first kappa shape index (κ1) is 29.9. The molecule has 3 N–H and O–H groups in total. The van der Waals surface area contributed by atoms with E-state index in [9.17, 15) is 24.3 Å². The molecule has 0 fully saturated rings. The molecule has 3 unspecified atom stereocenters. The Labute approximate surface area is 206 Å². The van der Waals surface area contributed by atoms with Gasteiger partial charge < -0.3 is 29.8 Å². The molecule has 0 radical (unpaired) electrons. The molecule has 0 amide bonds. The van der Waals surface area contributed by atoms with Gasteiger partial charge in [-0.1, -0.05) is 33.8 Å². The van der Waals surface area contributed by atoms with Gasteiger partial charge in [-0.3, -0.25) is 14.4 Å². The lowest BCUT2D eigenvalue weighted by molar-refractivity contribution is -0.140. The second-order valence-electron chi connectivity index (χ2n) is 8.32. The fraction of sp³-hybridized carbons (Fsp3) is 0.600. The smallest absolute Gasteiger partial charge is 0.480 e. The van der Waals surface area contributed by atoms with Gasteiger partial charge in [-0.05, 0) is 43.9 Å². The Morgan fingerprint density at radius 1 is 0.914 bits per heavy atom. The zero-order valence-electron chi connectivity index (χ0n) is 21.1. The van der Waals surface area contributed by atoms with Crippen molar-refractivity contribution in [2.24, 2.45) is 11.7 Å². The maximum atomic E-state index is 12.2. The molecule has 196 valence electrons. The number of hydrogen-bond donors (Lipinski definition) is 2. The molecule has 1 aromatic carbocycles. The summed E-state index contributed by atoms with van der Waals surface area (Å²) in [5.41, 5.74) is 6.45. The van der Waals surface area contributed by atoms with Crippen molar-refractivity contribution < 1.29 is 43.2 Å². The first-order valence-corrected chi connectivity index (χ1v) is 11.9. The van der Waals surface area contributed by atoms with E-state index >= 15 is 0 Å². The number of carboxylic acid groups (broad SMARTS) is 1. The summed E-state index contributed by atoms with van der Waals surface area (Å²) in [6.07, 6.45) is 0.468. The number of benzene rings is 1. The van der Waals surface area contributed by atoms with Crippen LogP contribution in [0.3, 0.4) is 0 Å². The van der Waals surface area contributed by atoms with Crippen molar-refractivity contribution in [2.45, 2.75) is 84.8 Å². The second-order valence-corrected chi connectivity index (χ2v) is 8.32. The molecule has 0 heterocycles. The molecule has 10 heteroatoms. The zero-order chi connectivity index (χ0) is 26.5. The molecule has 1 aromatic rings. The number of carboxylic acids is 1. The molecule has 10 nitrogen and oxygen atoms in total. The number of hydrogen-bond acceptors (Lipinski definition) is 9. The van der Waals surface area contributed by atoms with Crippen LogP contribution in [-0.2, 0) is 23.9 Å². The minimum atomic E-state index is -1.37. The van der Waals surface area contributed by atoms with Gasteiger partial charge in [0.2, 0.25) is 0 Å². The summed E-state index contributed by atoms with van der Waals surface area (Å²) in [5.74, 6) is -3.66. The maximum Gasteiger partial charge on any atom is 0.508 e. The summed E-state index contributed by atoms with van der Waals surface area (Å²) in [5, 5.41) is 9.65. The van der Waals surface area contributed by atoms with E-state index in [1.54, 1.807) is 19.9 Å². The highest BCUT2D eigenvalue weighted by atomic mass is 16.7. The Kier molecular flexibility index (Phi) is 12.8. The lowest BCUT2D eigenvalue weighted by atomic mass is 9.79. The second kappa shape index (κ2) is 15.0. The summed E-state index contributed by atoms with van der Waals surface area (Å²) in [6, 6.07) is 3.06. The number of esters is 2. The Bertz CT molecular complexity index is 870. The van der Waals surface area contributed by atoms with Crippen molar-refractivity contribution in [3.05, 3.63) is 23.8 Å². The van der Waals surface area contributed by atoms with E-state index in [0.29, 0.717) is 24.8 Å². The molecule has 0 aliphatic heterocycles. The molecule has 0 bridgehead atoms. The number of ether oxygens (including phenoxy) is 4. The van der Waals surface area contributed by atoms with Gasteiger partial charge in [0.1, 0.15) is 12.1 Å². The van der Waals surface area contributed by atoms with Gasteiger partial charge in [0.05, 0.1) is 6.61 Å². The largest absolute Gasteiger partial charge is 0.508 e. The first-order valence-electron chi connectivity index (χ1n) is 11.9. The average Bonchev–Trinajstić information content (AvgIpc) is 2.79. The number of aliphatic carboxylic acids is 1. The molecule has 0 aliphatic carbocycles. The molecule has 35 heavy (non-hydrogen) atoms. The SMILES string of the molecule is CCCOC(=O)OC(C)C(C)C(c1ccc(OC(=O)CCC)c(OC(=O)CCC)c1)[C@H](N)C(=O)O. The molecule has 0 saturated carbocycles. The third kappa shape index (κ3) is 9.56. The summed E-state index contributed by atoms with van der Waals surface area (Å²) in [6.45, 7) is 8.99. The Hall–Kier alpha value is -3.14. The van der Waals surface area contributed by atoms with Crippen molar-refractivity contribution in [3.63, 3.8) is 0 Å². The van der Waals surface area contributed by atoms with E-state index in [-0.39, 0.29) is 30.9 Å². The van der Waals surface area contributed by atoms with Gasteiger partial charge in [-0.25, -0.2) is 4.79 Å². The van der Waals surface area contributed by atoms with Gasteiger partial charge in [-0.2, -0.15) is 0 Å². The number of carbonyl (C=O) groups is 4. The van der Waals surface area contributed by atoms with Gasteiger partial charge in [0.15, 0.2) is 11.5 Å². The van der Waals surface area contributed by atoms with Crippen LogP contribution in [0.25, 0.3) is 0 Å². The number of rotatable bonds is 14. The van der Waals surface area contributed by atoms with Crippen molar-refractivity contribution in [3.8, 4) is 11.5 Å². The van der Waals surface area contributed by atoms with E-state index in [2.05, 4.69) is 0 Å². The lowest BCUT2D eigenvalue weighted by Crippen LogP contribution is -2.42. The lowest BCUT2D eigenvalue weighted by Gasteiger charge is -2.31. The predicted octanol–water partition coefficient (Wildman–Crippen LogP) is 4.18. The third-order valence-electron chi connectivity index (χ3n) is 5.39. The topological polar surface area (TPSA) is 151 Å². The first-order chi connectivity index (χ1) is 16.5. The van der Waals surface area contributed by atoms with Crippen LogP contribution in [0.4, 0.5) is 4.79 Å². The maximum absolute atomic E-state index is 12.2. The van der Waals surface area contributed by atoms with Crippen molar-refractivity contribution in [1.29, 1.82) is 0 Å². The molecule has 0 aromatic heterocycles. The third-order valence-corrected chi connectivity index (χ3v) is 5.39. The molecular weight excluding hydrogens is 458 g/mol. The molecular formula is C25H37NO9. The zero-order valence-corrected chi connectivity index (χ0v) is 21.1. The molecule has 0 aliphatic rings. The van der Waals surface area contributed by atoms with Gasteiger partial charge in [-0.15, -0.1) is 0 Å². The van der Waals surface area contributed by atoms with Crippen molar-refractivity contribution in [1.82, 2.24) is 0 Å². The minimum Gasteiger partial charge on any atom is -0.480 e. The van der Waals surface area contributed by atoms with Crippen LogP contribution < -0.4 is 15.2 Å². The quantitative estimate of drug-likeness (QED) is 0.284. The van der Waals surface area contributed by atoms with Crippen LogP contribution in [0.1, 0.15) is 78.2 Å². The van der Waals surface area contributed by atoms with Gasteiger partial charge in [0.25, 0.3) is 0 Å². The Morgan fingerprint density at radius 2 is 1.49 bits per heavy atom. The summed E-state index contributed by atoms with van der Waals surface area (Å²) in [4.78, 5) is 48.0. The highest BCUT2D eigenvalue weighted by molar-refractivity contribution is 5.77. The van der Waals surface area contributed by atoms with Gasteiger partial charge >= 0.3 is 24.1 Å². The number of carbonyl (C=O) groups excluding carboxylic acids is 3. The van der Waals surface area contributed by atoms with Crippen LogP contribution in [0, 0.1) is 5.92 Å². The van der Waals surface area contributed by atoms with Crippen LogP contribution >= 0.6 is 0 Å². The van der Waals surface area contributed by atoms with Crippen LogP contribution in [0.5, 0.6) is 11.5 Å². The average molecular weight is 496 g/mol. The van der Waals surface area contributed by atoms with Crippen molar-refractivity contribution >= 4 is 24.1 Å². The highest BCUT2D eigenvalue weighted by Gasteiger charge is 2.36. The van der Waals surface area contributed by atoms with Crippen molar-refractivity contribution in [2.75, 3.05) is 6.61 Å². The van der Waals surface area contributed by atoms with Crippen LogP contribution in [-0.4, -0.2) is 47.9 Å². The Morgan fingerprint density at radius 3 is 2.00 bits per heavy atom. The van der Waals surface area contributed by atoms with E-state index in [4.69, 9.17) is 24.7 Å². The Balaban J connectivity index is 3.37. The van der Waals surface area contributed by atoms with E-state index < -0.39 is 48.0 Å². The molecule has 0 spiro atoms. The van der Waals surface area contributed by atoms with Gasteiger partial charge in [0, 0.05) is 24.7 Å². The monoisotopic (exact) mass is 495 g/mol. The van der Waals surface area contributed by atoms with E-state index in [1.807, 2.05) is 20.8 Å². The van der Waals surface area contributed by atoms with E-state index in [0.717, 1.165) is 0 Å². The fourth-order valence-electron chi connectivity index (χ4n) is 3.41. The normalized spacial score (nSPS) is 14.2. The van der Waals surface area contributed by atoms with Crippen LogP contribution in [0.15, 0.2) is 18.2 Å². The fourth-order valence-corrected chi connectivity index (χ4v) is 3.41. The van der Waals surface area contributed by atoms with E-state index in [1.165, 1.54) is 12.1 Å². The highest BCUT2D eigenvalue weighted by Crippen LogP contribution is 2.37. The molecule has 0 saturated heterocycles. The molecule has 4 atom stereocenters. The summed E-state index contributed by atoms with van der Waals surface area (Å²) < 4.78 is 21.1.